The molecule has 2 aliphatic rings. The lowest BCUT2D eigenvalue weighted by molar-refractivity contribution is 0.355. The van der Waals surface area contributed by atoms with E-state index in [-0.39, 0.29) is 0 Å². The predicted octanol–water partition coefficient (Wildman–Crippen LogP) is 4.48. The molecule has 0 unspecified atom stereocenters. The monoisotopic (exact) mass is 452 g/mol. The van der Waals surface area contributed by atoms with Gasteiger partial charge in [-0.3, -0.25) is 0 Å². The lowest BCUT2D eigenvalue weighted by Gasteiger charge is -2.36. The van der Waals surface area contributed by atoms with Crippen LogP contribution in [-0.2, 0) is 6.42 Å². The highest BCUT2D eigenvalue weighted by atomic mass is 32.1. The molecular weight excluding hydrogens is 416 g/mol. The highest BCUT2D eigenvalue weighted by Gasteiger charge is 2.25. The van der Waals surface area contributed by atoms with Gasteiger partial charge in [0.15, 0.2) is 5.11 Å². The Morgan fingerprint density at radius 2 is 1.66 bits per heavy atom. The van der Waals surface area contributed by atoms with Crippen LogP contribution >= 0.6 is 12.2 Å². The topological polar surface area (TPSA) is 56.3 Å². The maximum absolute atomic E-state index is 5.55. The normalized spacial score (nSPS) is 20.9. The summed E-state index contributed by atoms with van der Waals surface area (Å²) in [5.41, 5.74) is 1.35. The molecule has 4 rings (SSSR count). The molecule has 2 atom stereocenters. The molecule has 0 amide bonds. The molecule has 0 aliphatic carbocycles. The number of hydrogen-bond donors (Lipinski definition) is 2. The zero-order chi connectivity index (χ0) is 22.3. The van der Waals surface area contributed by atoms with Crippen molar-refractivity contribution >= 4 is 34.9 Å². The molecule has 32 heavy (non-hydrogen) atoms. The molecule has 2 N–H and O–H groups in total. The van der Waals surface area contributed by atoms with Crippen LogP contribution in [0.2, 0.25) is 0 Å². The summed E-state index contributed by atoms with van der Waals surface area (Å²) in [6.07, 6.45) is 5.79. The molecule has 2 aliphatic heterocycles. The van der Waals surface area contributed by atoms with Gasteiger partial charge in [0, 0.05) is 38.8 Å². The first-order valence-electron chi connectivity index (χ1n) is 12.0. The fraction of sp³-hybridized carbons (Fsp3) is 0.560. The van der Waals surface area contributed by atoms with Gasteiger partial charge in [0.2, 0.25) is 5.95 Å². The molecule has 0 saturated carbocycles. The lowest BCUT2D eigenvalue weighted by Crippen LogP contribution is -2.39. The molecular formula is C25H36N6S. The third-order valence-electron chi connectivity index (χ3n) is 6.32. The van der Waals surface area contributed by atoms with Crippen molar-refractivity contribution in [2.24, 2.45) is 11.8 Å². The molecule has 2 aromatic rings. The Kier molecular flexibility index (Phi) is 7.79. The van der Waals surface area contributed by atoms with Crippen LogP contribution in [0.15, 0.2) is 36.4 Å². The molecule has 0 bridgehead atoms. The first kappa shape index (κ1) is 22.8. The van der Waals surface area contributed by atoms with Gasteiger partial charge in [-0.2, -0.15) is 9.97 Å². The van der Waals surface area contributed by atoms with Crippen molar-refractivity contribution in [2.45, 2.75) is 46.0 Å². The lowest BCUT2D eigenvalue weighted by atomic mass is 9.92. The highest BCUT2D eigenvalue weighted by molar-refractivity contribution is 7.80. The van der Waals surface area contributed by atoms with Gasteiger partial charge in [0.05, 0.1) is 0 Å². The second kappa shape index (κ2) is 10.9. The van der Waals surface area contributed by atoms with Crippen molar-refractivity contribution in [2.75, 3.05) is 47.8 Å². The maximum atomic E-state index is 5.55. The van der Waals surface area contributed by atoms with E-state index in [1.165, 1.54) is 24.8 Å². The Morgan fingerprint density at radius 1 is 1.00 bits per heavy atom. The van der Waals surface area contributed by atoms with Gasteiger partial charge in [0.25, 0.3) is 0 Å². The van der Waals surface area contributed by atoms with Gasteiger partial charge in [-0.25, -0.2) is 0 Å². The largest absolute Gasteiger partial charge is 0.362 e. The third-order valence-corrected chi connectivity index (χ3v) is 6.56. The minimum Gasteiger partial charge on any atom is -0.362 e. The molecule has 1 aromatic carbocycles. The number of hydrogen-bond acceptors (Lipinski definition) is 5. The average molecular weight is 453 g/mol. The number of aromatic nitrogens is 2. The Balaban J connectivity index is 1.40. The first-order valence-corrected chi connectivity index (χ1v) is 12.5. The fourth-order valence-electron chi connectivity index (χ4n) is 4.88. The molecule has 0 radical (unpaired) electrons. The van der Waals surface area contributed by atoms with Crippen molar-refractivity contribution in [3.63, 3.8) is 0 Å². The van der Waals surface area contributed by atoms with E-state index in [4.69, 9.17) is 22.2 Å². The number of piperidine rings is 1. The van der Waals surface area contributed by atoms with E-state index in [9.17, 15) is 0 Å². The first-order chi connectivity index (χ1) is 15.6. The molecule has 3 heterocycles. The van der Waals surface area contributed by atoms with Crippen LogP contribution in [0.25, 0.3) is 0 Å². The number of nitrogens with zero attached hydrogens (tertiary/aromatic N) is 4. The summed E-state index contributed by atoms with van der Waals surface area (Å²) in [6, 6.07) is 12.7. The fourth-order valence-corrected chi connectivity index (χ4v) is 5.08. The van der Waals surface area contributed by atoms with Gasteiger partial charge in [0.1, 0.15) is 11.6 Å². The number of nitrogens with one attached hydrogen (secondary N) is 2. The van der Waals surface area contributed by atoms with Crippen LogP contribution in [0.3, 0.4) is 0 Å². The summed E-state index contributed by atoms with van der Waals surface area (Å²) in [5.74, 6) is 3.96. The predicted molar refractivity (Wildman–Crippen MR) is 138 cm³/mol. The average Bonchev–Trinajstić information content (AvgIpc) is 3.32. The quantitative estimate of drug-likeness (QED) is 0.474. The Hall–Kier alpha value is -2.41. The van der Waals surface area contributed by atoms with Gasteiger partial charge in [-0.1, -0.05) is 44.2 Å². The molecule has 1 aromatic heterocycles. The van der Waals surface area contributed by atoms with Crippen LogP contribution in [-0.4, -0.2) is 47.8 Å². The van der Waals surface area contributed by atoms with E-state index in [2.05, 4.69) is 70.7 Å². The highest BCUT2D eigenvalue weighted by Crippen LogP contribution is 2.29. The van der Waals surface area contributed by atoms with Gasteiger partial charge in [-0.15, -0.1) is 0 Å². The summed E-state index contributed by atoms with van der Waals surface area (Å²) in [7, 11) is 0. The summed E-state index contributed by atoms with van der Waals surface area (Å²) >= 11 is 5.55. The van der Waals surface area contributed by atoms with Crippen molar-refractivity contribution in [3.05, 3.63) is 42.0 Å². The summed E-state index contributed by atoms with van der Waals surface area (Å²) in [4.78, 5) is 14.5. The maximum Gasteiger partial charge on any atom is 0.232 e. The molecule has 2 saturated heterocycles. The van der Waals surface area contributed by atoms with Crippen LogP contribution in [0.4, 0.5) is 17.6 Å². The second-order valence-electron chi connectivity index (χ2n) is 9.42. The summed E-state index contributed by atoms with van der Waals surface area (Å²) in [6.45, 7) is 9.69. The number of aryl methyl sites for hydroxylation is 1. The van der Waals surface area contributed by atoms with E-state index >= 15 is 0 Å². The minimum atomic E-state index is 0.586. The number of thiocarbonyl (C=S) groups is 1. The van der Waals surface area contributed by atoms with Gasteiger partial charge < -0.3 is 20.4 Å². The van der Waals surface area contributed by atoms with Crippen LogP contribution in [0.5, 0.6) is 0 Å². The van der Waals surface area contributed by atoms with Crippen molar-refractivity contribution < 1.29 is 0 Å². The van der Waals surface area contributed by atoms with Gasteiger partial charge in [-0.05, 0) is 61.7 Å². The van der Waals surface area contributed by atoms with Crippen LogP contribution < -0.4 is 20.4 Å². The Morgan fingerprint density at radius 3 is 2.34 bits per heavy atom. The number of rotatable bonds is 7. The second-order valence-corrected chi connectivity index (χ2v) is 9.83. The molecule has 2 fully saturated rings. The molecule has 7 heteroatoms. The van der Waals surface area contributed by atoms with E-state index < -0.39 is 0 Å². The summed E-state index contributed by atoms with van der Waals surface area (Å²) in [5, 5.41) is 7.15. The van der Waals surface area contributed by atoms with Crippen LogP contribution in [0, 0.1) is 11.8 Å². The number of benzene rings is 1. The van der Waals surface area contributed by atoms with E-state index in [0.29, 0.717) is 22.9 Å². The van der Waals surface area contributed by atoms with E-state index in [0.717, 1.165) is 57.2 Å². The van der Waals surface area contributed by atoms with Gasteiger partial charge >= 0.3 is 0 Å². The van der Waals surface area contributed by atoms with Crippen molar-refractivity contribution in [1.82, 2.24) is 15.3 Å². The molecule has 0 spiro atoms. The van der Waals surface area contributed by atoms with Crippen LogP contribution in [0.1, 0.15) is 45.1 Å². The van der Waals surface area contributed by atoms with Crippen molar-refractivity contribution in [1.29, 1.82) is 0 Å². The molecule has 172 valence electrons. The summed E-state index contributed by atoms with van der Waals surface area (Å²) < 4.78 is 0. The third kappa shape index (κ3) is 6.31. The zero-order valence-electron chi connectivity index (χ0n) is 19.4. The smallest absolute Gasteiger partial charge is 0.232 e. The number of anilines is 3. The van der Waals surface area contributed by atoms with Crippen molar-refractivity contribution in [3.8, 4) is 0 Å². The minimum absolute atomic E-state index is 0.586. The Bertz CT molecular complexity index is 873. The van der Waals surface area contributed by atoms with E-state index in [1.807, 2.05) is 0 Å². The van der Waals surface area contributed by atoms with E-state index in [1.54, 1.807) is 0 Å². The standard InChI is InChI=1S/C25H36N6S/c1-19-15-20(2)18-31(17-19)23-16-22(30-13-6-7-14-30)27-24(28-23)29-25(32)26-12-8-11-21-9-4-3-5-10-21/h3-5,9-10,16,19-20H,6-8,11-15,17-18H2,1-2H3,(H2,26,27,28,29,32)/t19-,20-/m0/s1. The SMILES string of the molecule is C[C@H]1C[C@H](C)CN(c2cc(N3CCCC3)nc(NC(=S)NCCCc3ccccc3)n2)C1. The molecule has 6 nitrogen and oxygen atoms in total. The zero-order valence-corrected chi connectivity index (χ0v) is 20.2. The Labute approximate surface area is 197 Å².